The van der Waals surface area contributed by atoms with Crippen LogP contribution in [-0.4, -0.2) is 17.1 Å². The van der Waals surface area contributed by atoms with E-state index in [1.54, 1.807) is 18.4 Å². The Morgan fingerprint density at radius 3 is 3.05 bits per heavy atom. The van der Waals surface area contributed by atoms with Gasteiger partial charge in [-0.15, -0.1) is 11.3 Å². The minimum absolute atomic E-state index is 0.357. The van der Waals surface area contributed by atoms with Gasteiger partial charge in [0.2, 0.25) is 0 Å². The summed E-state index contributed by atoms with van der Waals surface area (Å²) in [5.74, 6) is 1.96. The van der Waals surface area contributed by atoms with E-state index in [1.807, 2.05) is 11.4 Å². The molecule has 1 aliphatic rings. The summed E-state index contributed by atoms with van der Waals surface area (Å²) in [4.78, 5) is 10.2. The second kappa shape index (κ2) is 4.72. The van der Waals surface area contributed by atoms with E-state index in [2.05, 4.69) is 11.9 Å². The van der Waals surface area contributed by atoms with Crippen molar-refractivity contribution in [2.75, 3.05) is 12.8 Å². The van der Waals surface area contributed by atoms with Gasteiger partial charge in [-0.3, -0.25) is 0 Å². The number of fused-ring (bicyclic) bond motifs is 1. The van der Waals surface area contributed by atoms with Crippen molar-refractivity contribution in [3.8, 4) is 0 Å². The summed E-state index contributed by atoms with van der Waals surface area (Å²) in [6, 6.07) is 1.97. The lowest BCUT2D eigenvalue weighted by Gasteiger charge is -2.37. The maximum absolute atomic E-state index is 6.06. The molecule has 1 saturated carbocycles. The number of hydrogen-bond acceptors (Lipinski definition) is 5. The first-order chi connectivity index (χ1) is 9.14. The van der Waals surface area contributed by atoms with Crippen molar-refractivity contribution < 1.29 is 4.74 Å². The minimum atomic E-state index is -0.357. The fourth-order valence-electron chi connectivity index (χ4n) is 3.06. The smallest absolute Gasteiger partial charge is 0.164 e. The number of anilines is 1. The average Bonchev–Trinajstić information content (AvgIpc) is 2.87. The van der Waals surface area contributed by atoms with E-state index in [9.17, 15) is 0 Å². The molecule has 5 heteroatoms. The first-order valence-electron chi connectivity index (χ1n) is 6.71. The number of ether oxygens (including phenoxy) is 1. The molecule has 0 aromatic carbocycles. The molecule has 2 unspecified atom stereocenters. The molecule has 2 atom stereocenters. The molecule has 2 N–H and O–H groups in total. The largest absolute Gasteiger partial charge is 0.383 e. The zero-order valence-corrected chi connectivity index (χ0v) is 12.2. The van der Waals surface area contributed by atoms with Gasteiger partial charge in [0.15, 0.2) is 5.82 Å². The quantitative estimate of drug-likeness (QED) is 0.914. The van der Waals surface area contributed by atoms with Crippen LogP contribution in [0.15, 0.2) is 11.4 Å². The maximum atomic E-state index is 6.06. The van der Waals surface area contributed by atoms with E-state index in [0.717, 1.165) is 35.3 Å². The van der Waals surface area contributed by atoms with Crippen LogP contribution in [0.2, 0.25) is 0 Å². The Morgan fingerprint density at radius 1 is 1.47 bits per heavy atom. The molecule has 0 radical (unpaired) electrons. The normalized spacial score (nSPS) is 27.8. The SMILES string of the molecule is COC1(c2nc(N)c3ccsc3n2)CCCC(C)C1. The molecule has 4 nitrogen and oxygen atoms in total. The number of nitrogen functional groups attached to an aromatic ring is 1. The zero-order chi connectivity index (χ0) is 13.5. The van der Waals surface area contributed by atoms with Gasteiger partial charge < -0.3 is 10.5 Å². The van der Waals surface area contributed by atoms with Crippen LogP contribution in [0.3, 0.4) is 0 Å². The Labute approximate surface area is 117 Å². The maximum Gasteiger partial charge on any atom is 0.164 e. The van der Waals surface area contributed by atoms with Crippen LogP contribution in [0, 0.1) is 5.92 Å². The van der Waals surface area contributed by atoms with E-state index in [0.29, 0.717) is 11.7 Å². The second-order valence-corrected chi connectivity index (χ2v) is 6.37. The lowest BCUT2D eigenvalue weighted by Crippen LogP contribution is -2.36. The topological polar surface area (TPSA) is 61.0 Å². The van der Waals surface area contributed by atoms with Crippen LogP contribution in [0.25, 0.3) is 10.2 Å². The van der Waals surface area contributed by atoms with Gasteiger partial charge >= 0.3 is 0 Å². The first-order valence-corrected chi connectivity index (χ1v) is 7.59. The van der Waals surface area contributed by atoms with E-state index in [4.69, 9.17) is 15.5 Å². The van der Waals surface area contributed by atoms with E-state index >= 15 is 0 Å². The Bertz CT molecular complexity index is 597. The fourth-order valence-corrected chi connectivity index (χ4v) is 3.84. The van der Waals surface area contributed by atoms with Crippen molar-refractivity contribution in [1.29, 1.82) is 0 Å². The van der Waals surface area contributed by atoms with Crippen LogP contribution in [0.5, 0.6) is 0 Å². The highest BCUT2D eigenvalue weighted by molar-refractivity contribution is 7.16. The van der Waals surface area contributed by atoms with Crippen molar-refractivity contribution in [2.45, 2.75) is 38.2 Å². The van der Waals surface area contributed by atoms with Crippen LogP contribution in [0.1, 0.15) is 38.4 Å². The van der Waals surface area contributed by atoms with Gasteiger partial charge in [0.25, 0.3) is 0 Å². The highest BCUT2D eigenvalue weighted by Crippen LogP contribution is 2.42. The predicted octanol–water partition coefficient (Wildman–Crippen LogP) is 3.33. The Balaban J connectivity index is 2.10. The van der Waals surface area contributed by atoms with Crippen molar-refractivity contribution in [2.24, 2.45) is 5.92 Å². The molecule has 102 valence electrons. The van der Waals surface area contributed by atoms with Gasteiger partial charge in [0, 0.05) is 7.11 Å². The molecule has 0 amide bonds. The molecule has 0 spiro atoms. The standard InChI is InChI=1S/C14H19N3OS/c1-9-4-3-6-14(8-9,18-2)13-16-11(15)10-5-7-19-12(10)17-13/h5,7,9H,3-4,6,8H2,1-2H3,(H2,15,16,17). The summed E-state index contributed by atoms with van der Waals surface area (Å²) in [7, 11) is 1.76. The molecule has 0 aliphatic heterocycles. The van der Waals surface area contributed by atoms with Gasteiger partial charge in [-0.2, -0.15) is 0 Å². The number of thiophene rings is 1. The third kappa shape index (κ3) is 2.11. The number of aromatic nitrogens is 2. The Morgan fingerprint density at radius 2 is 2.32 bits per heavy atom. The monoisotopic (exact) mass is 277 g/mol. The first kappa shape index (κ1) is 12.8. The predicted molar refractivity (Wildman–Crippen MR) is 78.1 cm³/mol. The second-order valence-electron chi connectivity index (χ2n) is 5.47. The molecule has 1 aliphatic carbocycles. The summed E-state index contributed by atoms with van der Waals surface area (Å²) in [5.41, 5.74) is 5.70. The summed E-state index contributed by atoms with van der Waals surface area (Å²) in [5, 5.41) is 2.95. The van der Waals surface area contributed by atoms with Crippen LogP contribution < -0.4 is 5.73 Å². The van der Waals surface area contributed by atoms with Gasteiger partial charge in [-0.05, 0) is 36.6 Å². The van der Waals surface area contributed by atoms with Crippen LogP contribution >= 0.6 is 11.3 Å². The van der Waals surface area contributed by atoms with Gasteiger partial charge in [-0.25, -0.2) is 9.97 Å². The van der Waals surface area contributed by atoms with Crippen molar-refractivity contribution in [1.82, 2.24) is 9.97 Å². The summed E-state index contributed by atoms with van der Waals surface area (Å²) in [6.07, 6.45) is 4.35. The van der Waals surface area contributed by atoms with E-state index in [1.165, 1.54) is 6.42 Å². The number of nitrogens with two attached hydrogens (primary N) is 1. The van der Waals surface area contributed by atoms with E-state index < -0.39 is 0 Å². The highest BCUT2D eigenvalue weighted by Gasteiger charge is 2.39. The molecule has 2 aromatic rings. The highest BCUT2D eigenvalue weighted by atomic mass is 32.1. The van der Waals surface area contributed by atoms with Crippen molar-refractivity contribution in [3.63, 3.8) is 0 Å². The Kier molecular flexibility index (Phi) is 3.19. The lowest BCUT2D eigenvalue weighted by molar-refractivity contribution is -0.0642. The molecular formula is C14H19N3OS. The molecule has 2 heterocycles. The molecule has 0 bridgehead atoms. The minimum Gasteiger partial charge on any atom is -0.383 e. The number of rotatable bonds is 2. The summed E-state index contributed by atoms with van der Waals surface area (Å²) >= 11 is 1.60. The van der Waals surface area contributed by atoms with Gasteiger partial charge in [-0.1, -0.05) is 13.3 Å². The number of nitrogens with zero attached hydrogens (tertiary/aromatic N) is 2. The molecule has 3 rings (SSSR count). The molecule has 2 aromatic heterocycles. The van der Waals surface area contributed by atoms with E-state index in [-0.39, 0.29) is 5.60 Å². The lowest BCUT2D eigenvalue weighted by atomic mass is 9.78. The number of hydrogen-bond donors (Lipinski definition) is 1. The molecule has 1 fully saturated rings. The zero-order valence-electron chi connectivity index (χ0n) is 11.3. The average molecular weight is 277 g/mol. The third-order valence-corrected chi connectivity index (χ3v) is 4.92. The van der Waals surface area contributed by atoms with Crippen molar-refractivity contribution in [3.05, 3.63) is 17.3 Å². The van der Waals surface area contributed by atoms with Crippen LogP contribution in [0.4, 0.5) is 5.82 Å². The van der Waals surface area contributed by atoms with Crippen molar-refractivity contribution >= 4 is 27.4 Å². The summed E-state index contributed by atoms with van der Waals surface area (Å²) < 4.78 is 5.84. The number of methoxy groups -OCH3 is 1. The Hall–Kier alpha value is -1.20. The summed E-state index contributed by atoms with van der Waals surface area (Å²) in [6.45, 7) is 2.26. The molecule has 19 heavy (non-hydrogen) atoms. The van der Waals surface area contributed by atoms with Crippen LogP contribution in [-0.2, 0) is 10.3 Å². The van der Waals surface area contributed by atoms with Gasteiger partial charge in [0.1, 0.15) is 16.2 Å². The molecular weight excluding hydrogens is 258 g/mol. The molecule has 0 saturated heterocycles. The fraction of sp³-hybridized carbons (Fsp3) is 0.571. The third-order valence-electron chi connectivity index (χ3n) is 4.11. The van der Waals surface area contributed by atoms with Gasteiger partial charge in [0.05, 0.1) is 5.39 Å².